The molecule has 31 heavy (non-hydrogen) atoms. The minimum atomic E-state index is -5.08. The van der Waals surface area contributed by atoms with Crippen LogP contribution >= 0.6 is 0 Å². The zero-order valence-corrected chi connectivity index (χ0v) is 17.6. The van der Waals surface area contributed by atoms with Gasteiger partial charge < -0.3 is 19.8 Å². The highest BCUT2D eigenvalue weighted by Crippen LogP contribution is 2.39. The summed E-state index contributed by atoms with van der Waals surface area (Å²) in [5.41, 5.74) is 1.03. The number of halogens is 3. The zero-order chi connectivity index (χ0) is 23.2. The molecule has 172 valence electrons. The van der Waals surface area contributed by atoms with E-state index < -0.39 is 12.1 Å². The zero-order valence-electron chi connectivity index (χ0n) is 17.6. The normalized spacial score (nSPS) is 20.8. The largest absolute Gasteiger partial charge is 0.490 e. The molecule has 2 aliphatic heterocycles. The minimum Gasteiger partial charge on any atom is -0.475 e. The van der Waals surface area contributed by atoms with E-state index in [2.05, 4.69) is 4.98 Å². The maximum atomic E-state index is 12.6. The van der Waals surface area contributed by atoms with Crippen LogP contribution in [0.1, 0.15) is 24.8 Å². The van der Waals surface area contributed by atoms with Crippen molar-refractivity contribution < 1.29 is 32.7 Å². The van der Waals surface area contributed by atoms with Crippen molar-refractivity contribution in [2.75, 3.05) is 40.3 Å². The van der Waals surface area contributed by atoms with Gasteiger partial charge in [0.15, 0.2) is 0 Å². The number of piperidine rings is 1. The lowest BCUT2D eigenvalue weighted by molar-refractivity contribution is -0.192. The van der Waals surface area contributed by atoms with E-state index in [9.17, 15) is 22.8 Å². The Balaban J connectivity index is 0.000000423. The smallest absolute Gasteiger partial charge is 0.475 e. The average Bonchev–Trinajstić information content (AvgIpc) is 3.10. The molecule has 1 aromatic rings. The van der Waals surface area contributed by atoms with Crippen molar-refractivity contribution in [2.24, 2.45) is 5.41 Å². The van der Waals surface area contributed by atoms with E-state index in [-0.39, 0.29) is 17.4 Å². The first-order chi connectivity index (χ1) is 14.4. The molecule has 3 heterocycles. The van der Waals surface area contributed by atoms with Gasteiger partial charge in [-0.1, -0.05) is 6.07 Å². The van der Waals surface area contributed by atoms with Gasteiger partial charge in [-0.15, -0.1) is 0 Å². The lowest BCUT2D eigenvalue weighted by atomic mass is 9.79. The van der Waals surface area contributed by atoms with Crippen molar-refractivity contribution in [3.8, 4) is 0 Å². The molecular formula is C20H27F3N4O4. The number of rotatable bonds is 2. The van der Waals surface area contributed by atoms with E-state index in [0.717, 1.165) is 51.0 Å². The summed E-state index contributed by atoms with van der Waals surface area (Å²) in [6, 6.07) is 3.88. The highest BCUT2D eigenvalue weighted by Gasteiger charge is 2.44. The van der Waals surface area contributed by atoms with Crippen LogP contribution in [-0.2, 0) is 16.0 Å². The van der Waals surface area contributed by atoms with E-state index in [1.54, 1.807) is 31.4 Å². The van der Waals surface area contributed by atoms with Gasteiger partial charge in [-0.3, -0.25) is 9.78 Å². The predicted octanol–water partition coefficient (Wildman–Crippen LogP) is 2.25. The van der Waals surface area contributed by atoms with Crippen LogP contribution in [0.2, 0.25) is 0 Å². The van der Waals surface area contributed by atoms with Gasteiger partial charge in [0.05, 0.1) is 6.42 Å². The lowest BCUT2D eigenvalue weighted by Crippen LogP contribution is -2.48. The number of alkyl halides is 3. The first kappa shape index (κ1) is 24.4. The van der Waals surface area contributed by atoms with Gasteiger partial charge in [-0.25, -0.2) is 9.59 Å². The van der Waals surface area contributed by atoms with Gasteiger partial charge >= 0.3 is 18.2 Å². The topological polar surface area (TPSA) is 94.1 Å². The van der Waals surface area contributed by atoms with Crippen molar-refractivity contribution in [3.63, 3.8) is 0 Å². The quantitative estimate of drug-likeness (QED) is 0.755. The second-order valence-corrected chi connectivity index (χ2v) is 8.11. The molecule has 3 amide bonds. The van der Waals surface area contributed by atoms with Crippen LogP contribution in [0.4, 0.5) is 18.0 Å². The van der Waals surface area contributed by atoms with Crippen LogP contribution in [0.3, 0.4) is 0 Å². The van der Waals surface area contributed by atoms with Gasteiger partial charge in [0, 0.05) is 58.1 Å². The molecule has 3 rings (SSSR count). The summed E-state index contributed by atoms with van der Waals surface area (Å²) < 4.78 is 31.7. The Morgan fingerprint density at radius 3 is 2.35 bits per heavy atom. The van der Waals surface area contributed by atoms with Gasteiger partial charge in [-0.05, 0) is 30.9 Å². The highest BCUT2D eigenvalue weighted by atomic mass is 19.4. The van der Waals surface area contributed by atoms with Gasteiger partial charge in [-0.2, -0.15) is 13.2 Å². The van der Waals surface area contributed by atoms with Crippen LogP contribution in [0, 0.1) is 5.41 Å². The summed E-state index contributed by atoms with van der Waals surface area (Å²) in [4.78, 5) is 43.4. The highest BCUT2D eigenvalue weighted by molar-refractivity contribution is 5.79. The number of carbonyl (C=O) groups is 3. The fourth-order valence-electron chi connectivity index (χ4n) is 3.92. The Morgan fingerprint density at radius 1 is 1.16 bits per heavy atom. The number of aromatic nitrogens is 1. The fourth-order valence-corrected chi connectivity index (χ4v) is 3.92. The molecule has 2 saturated heterocycles. The number of carboxylic acid groups (broad SMARTS) is 1. The number of aliphatic carboxylic acids is 1. The maximum Gasteiger partial charge on any atom is 0.490 e. The minimum absolute atomic E-state index is 0.0747. The molecular weight excluding hydrogens is 417 g/mol. The maximum absolute atomic E-state index is 12.6. The summed E-state index contributed by atoms with van der Waals surface area (Å²) >= 11 is 0. The van der Waals surface area contributed by atoms with Gasteiger partial charge in [0.2, 0.25) is 5.91 Å². The Kier molecular flexibility index (Phi) is 7.85. The second kappa shape index (κ2) is 9.97. The molecule has 11 heteroatoms. The van der Waals surface area contributed by atoms with Crippen molar-refractivity contribution >= 4 is 17.9 Å². The molecule has 2 fully saturated rings. The number of pyridine rings is 1. The summed E-state index contributed by atoms with van der Waals surface area (Å²) in [5, 5.41) is 7.12. The molecule has 2 aliphatic rings. The molecule has 0 aromatic carbocycles. The number of hydrogen-bond donors (Lipinski definition) is 1. The molecule has 0 radical (unpaired) electrons. The first-order valence-electron chi connectivity index (χ1n) is 9.86. The first-order valence-corrected chi connectivity index (χ1v) is 9.86. The van der Waals surface area contributed by atoms with Gasteiger partial charge in [0.25, 0.3) is 0 Å². The number of hydrogen-bond acceptors (Lipinski definition) is 4. The Morgan fingerprint density at radius 2 is 1.81 bits per heavy atom. The monoisotopic (exact) mass is 444 g/mol. The third-order valence-electron chi connectivity index (χ3n) is 5.43. The summed E-state index contributed by atoms with van der Waals surface area (Å²) in [6.45, 7) is 3.15. The molecule has 0 aliphatic carbocycles. The Bertz CT molecular complexity index is 788. The van der Waals surface area contributed by atoms with Crippen LogP contribution in [0.25, 0.3) is 0 Å². The number of carbonyl (C=O) groups excluding carboxylic acids is 2. The third kappa shape index (κ3) is 6.83. The Labute approximate surface area is 178 Å². The molecule has 1 atom stereocenters. The summed E-state index contributed by atoms with van der Waals surface area (Å²) in [5.74, 6) is -2.59. The molecule has 1 N–H and O–H groups in total. The number of likely N-dealkylation sites (tertiary alicyclic amines) is 2. The van der Waals surface area contributed by atoms with Gasteiger partial charge in [0.1, 0.15) is 0 Å². The van der Waals surface area contributed by atoms with E-state index in [4.69, 9.17) is 9.90 Å². The average molecular weight is 444 g/mol. The predicted molar refractivity (Wildman–Crippen MR) is 105 cm³/mol. The number of nitrogens with zero attached hydrogens (tertiary/aromatic N) is 4. The van der Waals surface area contributed by atoms with Crippen molar-refractivity contribution in [1.82, 2.24) is 19.7 Å². The lowest BCUT2D eigenvalue weighted by Gasteiger charge is -2.40. The fraction of sp³-hybridized carbons (Fsp3) is 0.600. The van der Waals surface area contributed by atoms with E-state index >= 15 is 0 Å². The summed E-state index contributed by atoms with van der Waals surface area (Å²) in [6.07, 6.45) is 1.90. The number of urea groups is 1. The molecule has 0 saturated carbocycles. The number of amides is 3. The van der Waals surface area contributed by atoms with Crippen LogP contribution < -0.4 is 0 Å². The van der Waals surface area contributed by atoms with E-state index in [1.165, 1.54) is 0 Å². The van der Waals surface area contributed by atoms with Crippen molar-refractivity contribution in [3.05, 3.63) is 30.1 Å². The number of carboxylic acids is 1. The second-order valence-electron chi connectivity index (χ2n) is 8.11. The van der Waals surface area contributed by atoms with Crippen LogP contribution in [0.15, 0.2) is 24.5 Å². The molecule has 1 aromatic heterocycles. The SMILES string of the molecule is CN(C)C(=O)N1CCC2(CCCN(C(=O)Cc3cccnc3)C2)C1.O=C(O)C(F)(F)F. The van der Waals surface area contributed by atoms with Crippen LogP contribution in [-0.4, -0.2) is 89.1 Å². The molecule has 0 bridgehead atoms. The van der Waals surface area contributed by atoms with E-state index in [1.807, 2.05) is 21.9 Å². The van der Waals surface area contributed by atoms with Crippen molar-refractivity contribution in [2.45, 2.75) is 31.9 Å². The summed E-state index contributed by atoms with van der Waals surface area (Å²) in [7, 11) is 3.58. The van der Waals surface area contributed by atoms with Crippen molar-refractivity contribution in [1.29, 1.82) is 0 Å². The van der Waals surface area contributed by atoms with Crippen LogP contribution in [0.5, 0.6) is 0 Å². The van der Waals surface area contributed by atoms with E-state index in [0.29, 0.717) is 6.42 Å². The third-order valence-corrected chi connectivity index (χ3v) is 5.43. The Hall–Kier alpha value is -2.85. The standard InChI is InChI=1S/C18H26N4O2.C2HF3O2/c1-20(2)17(24)22-10-7-18(14-22)6-4-9-21(13-18)16(23)11-15-5-3-8-19-12-15;3-2(4,5)1(6)7/h3,5,8,12H,4,6-7,9-11,13-14H2,1-2H3;(H,6,7). The molecule has 8 nitrogen and oxygen atoms in total. The molecule has 1 unspecified atom stereocenters. The molecule has 1 spiro atoms.